The Hall–Kier alpha value is -3.92. The number of benzene rings is 2. The second kappa shape index (κ2) is 14.9. The molecular weight excluding hydrogens is 498 g/mol. The topological polar surface area (TPSA) is 110 Å². The maximum atomic E-state index is 12.4. The van der Waals surface area contributed by atoms with Crippen LogP contribution in [-0.2, 0) is 16.3 Å². The van der Waals surface area contributed by atoms with Crippen molar-refractivity contribution in [1.29, 1.82) is 0 Å². The van der Waals surface area contributed by atoms with E-state index in [0.717, 1.165) is 55.2 Å². The maximum absolute atomic E-state index is 12.4. The van der Waals surface area contributed by atoms with Gasteiger partial charge in [-0.15, -0.1) is 10.2 Å². The van der Waals surface area contributed by atoms with Gasteiger partial charge in [0, 0.05) is 10.9 Å². The van der Waals surface area contributed by atoms with Gasteiger partial charge in [-0.05, 0) is 57.1 Å². The molecular formula is C29H39N5O5. The number of ether oxygens (including phenoxy) is 2. The van der Waals surface area contributed by atoms with Crippen LogP contribution < -0.4 is 9.47 Å². The highest BCUT2D eigenvalue weighted by Crippen LogP contribution is 2.39. The van der Waals surface area contributed by atoms with Crippen LogP contribution in [0, 0.1) is 0 Å². The molecule has 1 heterocycles. The number of unbranched alkanes of at least 4 members (excludes halogenated alkanes) is 2. The molecule has 2 aromatic carbocycles. The van der Waals surface area contributed by atoms with Gasteiger partial charge in [0.1, 0.15) is 0 Å². The molecule has 0 aliphatic rings. The number of rotatable bonds is 15. The lowest BCUT2D eigenvalue weighted by atomic mass is 10.1. The van der Waals surface area contributed by atoms with E-state index in [1.165, 1.54) is 0 Å². The van der Waals surface area contributed by atoms with E-state index in [-0.39, 0.29) is 11.6 Å². The van der Waals surface area contributed by atoms with Crippen molar-refractivity contribution in [1.82, 2.24) is 9.47 Å². The molecule has 0 unspecified atom stereocenters. The van der Waals surface area contributed by atoms with Crippen molar-refractivity contribution in [2.75, 3.05) is 33.9 Å². The van der Waals surface area contributed by atoms with Gasteiger partial charge in [0.05, 0.1) is 32.1 Å². The zero-order valence-electron chi connectivity index (χ0n) is 23.5. The number of carbonyl (C=O) groups is 1. The lowest BCUT2D eigenvalue weighted by Gasteiger charge is -2.23. The number of hydrogen-bond acceptors (Lipinski definition) is 8. The van der Waals surface area contributed by atoms with Gasteiger partial charge in [-0.3, -0.25) is 14.3 Å². The Morgan fingerprint density at radius 2 is 1.69 bits per heavy atom. The van der Waals surface area contributed by atoms with Crippen LogP contribution in [0.25, 0.3) is 10.9 Å². The number of hydrogen-bond donors (Lipinski definition) is 1. The van der Waals surface area contributed by atoms with E-state index < -0.39 is 12.5 Å². The molecule has 0 saturated heterocycles. The van der Waals surface area contributed by atoms with Gasteiger partial charge >= 0.3 is 5.91 Å². The highest BCUT2D eigenvalue weighted by molar-refractivity contribution is 5.99. The Morgan fingerprint density at radius 3 is 2.36 bits per heavy atom. The number of aromatic nitrogens is 1. The van der Waals surface area contributed by atoms with E-state index in [1.807, 2.05) is 34.9 Å². The van der Waals surface area contributed by atoms with Crippen LogP contribution in [0.1, 0.15) is 52.0 Å². The van der Waals surface area contributed by atoms with Crippen LogP contribution in [0.4, 0.5) is 5.69 Å². The lowest BCUT2D eigenvalue weighted by molar-refractivity contribution is -0.122. The molecule has 0 saturated carbocycles. The monoisotopic (exact) mass is 537 g/mol. The van der Waals surface area contributed by atoms with Crippen molar-refractivity contribution in [3.63, 3.8) is 0 Å². The molecule has 0 atom stereocenters. The summed E-state index contributed by atoms with van der Waals surface area (Å²) in [6.45, 7) is 8.12. The quantitative estimate of drug-likeness (QED) is 0.139. The smallest absolute Gasteiger partial charge is 0.304 e. The van der Waals surface area contributed by atoms with Gasteiger partial charge in [-0.1, -0.05) is 50.0 Å². The number of carbonyl (C=O) groups excluding carboxylic acids is 1. The Labute approximate surface area is 229 Å². The zero-order chi connectivity index (χ0) is 28.2. The molecule has 0 fully saturated rings. The molecule has 1 N–H and O–H groups in total. The summed E-state index contributed by atoms with van der Waals surface area (Å²) in [5.41, 5.74) is 2.40. The Balaban J connectivity index is 1.72. The van der Waals surface area contributed by atoms with Crippen molar-refractivity contribution >= 4 is 28.2 Å². The highest BCUT2D eigenvalue weighted by atomic mass is 16.6. The van der Waals surface area contributed by atoms with Crippen LogP contribution in [0.2, 0.25) is 0 Å². The summed E-state index contributed by atoms with van der Waals surface area (Å²) in [6.07, 6.45) is 4.36. The molecule has 0 aliphatic heterocycles. The summed E-state index contributed by atoms with van der Waals surface area (Å²) >= 11 is 0. The second-order valence-corrected chi connectivity index (χ2v) is 9.20. The fourth-order valence-electron chi connectivity index (χ4n) is 4.16. The molecule has 0 bridgehead atoms. The normalized spacial score (nSPS) is 12.0. The molecule has 10 nitrogen and oxygen atoms in total. The maximum Gasteiger partial charge on any atom is 0.304 e. The van der Waals surface area contributed by atoms with E-state index in [0.29, 0.717) is 23.9 Å². The number of azo groups is 1. The minimum atomic E-state index is -0.623. The number of nitrogens with zero attached hydrogens (tertiary/aromatic N) is 5. The van der Waals surface area contributed by atoms with Crippen molar-refractivity contribution in [3.8, 4) is 17.4 Å². The molecule has 0 radical (unpaired) electrons. The van der Waals surface area contributed by atoms with E-state index >= 15 is 0 Å². The predicted octanol–water partition coefficient (Wildman–Crippen LogP) is 6.27. The summed E-state index contributed by atoms with van der Waals surface area (Å²) in [4.78, 5) is 19.9. The van der Waals surface area contributed by atoms with Crippen LogP contribution in [0.3, 0.4) is 0 Å². The molecule has 0 aliphatic carbocycles. The van der Waals surface area contributed by atoms with Gasteiger partial charge in [0.2, 0.25) is 5.88 Å². The first-order chi connectivity index (χ1) is 18.9. The standard InChI is InChI=1S/C29H39N5O5/c1-6-8-16-33(17-9-7-2)20-34-24-13-11-10-12-23(24)28(29(34)36)31-30-27(35)19-39-32-21(3)22-14-15-25(37-4)26(18-22)38-5/h10-15,18,36H,6-9,16-17,19-20H2,1-5H3/b31-30?,32-21+. The first kappa shape index (κ1) is 29.6. The van der Waals surface area contributed by atoms with Crippen LogP contribution in [0.15, 0.2) is 57.8 Å². The summed E-state index contributed by atoms with van der Waals surface area (Å²) < 4.78 is 12.4. The molecule has 10 heteroatoms. The number of fused-ring (bicyclic) bond motifs is 1. The summed E-state index contributed by atoms with van der Waals surface area (Å²) in [6, 6.07) is 12.9. The molecule has 210 valence electrons. The van der Waals surface area contributed by atoms with Crippen molar-refractivity contribution in [2.45, 2.75) is 53.1 Å². The van der Waals surface area contributed by atoms with E-state index in [1.54, 1.807) is 33.3 Å². The SMILES string of the molecule is CCCCN(CCCC)Cn1c(O)c(N=NC(=O)CO/N=C(\C)c2ccc(OC)c(OC)c2)c2ccccc21. The van der Waals surface area contributed by atoms with Crippen LogP contribution in [-0.4, -0.2) is 60.1 Å². The average Bonchev–Trinajstić information content (AvgIpc) is 3.22. The number of amides is 1. The van der Waals surface area contributed by atoms with E-state index in [9.17, 15) is 9.90 Å². The molecule has 1 amide bonds. The molecule has 3 aromatic rings. The van der Waals surface area contributed by atoms with Crippen LogP contribution >= 0.6 is 0 Å². The largest absolute Gasteiger partial charge is 0.493 e. The predicted molar refractivity (Wildman–Crippen MR) is 152 cm³/mol. The van der Waals surface area contributed by atoms with Gasteiger partial charge in [-0.2, -0.15) is 0 Å². The number of para-hydroxylation sites is 1. The Morgan fingerprint density at radius 1 is 1.00 bits per heavy atom. The number of oxime groups is 1. The minimum absolute atomic E-state index is 0.0195. The van der Waals surface area contributed by atoms with Gasteiger partial charge < -0.3 is 19.4 Å². The third-order valence-corrected chi connectivity index (χ3v) is 6.37. The third kappa shape index (κ3) is 7.79. The molecule has 1 aromatic heterocycles. The number of methoxy groups -OCH3 is 2. The van der Waals surface area contributed by atoms with Gasteiger partial charge in [-0.25, -0.2) is 0 Å². The summed E-state index contributed by atoms with van der Waals surface area (Å²) in [5, 5.41) is 23.7. The summed E-state index contributed by atoms with van der Waals surface area (Å²) in [7, 11) is 3.12. The van der Waals surface area contributed by atoms with Crippen LogP contribution in [0.5, 0.6) is 17.4 Å². The summed E-state index contributed by atoms with van der Waals surface area (Å²) in [5.74, 6) is 0.522. The van der Waals surface area contributed by atoms with Gasteiger partial charge in [0.25, 0.3) is 0 Å². The van der Waals surface area contributed by atoms with Crippen molar-refractivity contribution in [2.24, 2.45) is 15.4 Å². The third-order valence-electron chi connectivity index (χ3n) is 6.37. The average molecular weight is 538 g/mol. The van der Waals surface area contributed by atoms with Crippen molar-refractivity contribution in [3.05, 3.63) is 48.0 Å². The number of aromatic hydroxyl groups is 1. The van der Waals surface area contributed by atoms with E-state index in [2.05, 4.69) is 34.1 Å². The Kier molecular flexibility index (Phi) is 11.3. The fourth-order valence-corrected chi connectivity index (χ4v) is 4.16. The molecule has 39 heavy (non-hydrogen) atoms. The Bertz CT molecular complexity index is 1290. The van der Waals surface area contributed by atoms with E-state index in [4.69, 9.17) is 14.3 Å². The first-order valence-corrected chi connectivity index (χ1v) is 13.3. The minimum Gasteiger partial charge on any atom is -0.493 e. The highest BCUT2D eigenvalue weighted by Gasteiger charge is 2.19. The lowest BCUT2D eigenvalue weighted by Crippen LogP contribution is -2.28. The second-order valence-electron chi connectivity index (χ2n) is 9.20. The molecule has 3 rings (SSSR count). The van der Waals surface area contributed by atoms with Gasteiger partial charge in [0.15, 0.2) is 23.8 Å². The fraction of sp³-hybridized carbons (Fsp3) is 0.448. The first-order valence-electron chi connectivity index (χ1n) is 13.3. The van der Waals surface area contributed by atoms with Crippen molar-refractivity contribution < 1.29 is 24.2 Å². The zero-order valence-corrected chi connectivity index (χ0v) is 23.5. The molecule has 0 spiro atoms.